The molecule has 3 heterocycles. The summed E-state index contributed by atoms with van der Waals surface area (Å²) in [4.78, 5) is 24.2. The highest BCUT2D eigenvalue weighted by Crippen LogP contribution is 2.29. The van der Waals surface area contributed by atoms with Crippen molar-refractivity contribution in [2.24, 2.45) is 0 Å². The van der Waals surface area contributed by atoms with E-state index < -0.39 is 0 Å². The molecule has 1 fully saturated rings. The Morgan fingerprint density at radius 1 is 1.13 bits per heavy atom. The van der Waals surface area contributed by atoms with Crippen LogP contribution in [0.15, 0.2) is 34.9 Å². The Morgan fingerprint density at radius 3 is 2.60 bits per heavy atom. The highest BCUT2D eigenvalue weighted by atomic mass is 16.5. The Morgan fingerprint density at radius 2 is 1.87 bits per heavy atom. The van der Waals surface area contributed by atoms with Crippen LogP contribution < -0.4 is 10.2 Å². The first-order valence-corrected chi connectivity index (χ1v) is 10.8. The summed E-state index contributed by atoms with van der Waals surface area (Å²) in [7, 11) is 0. The molecule has 3 aromatic rings. The third-order valence-electron chi connectivity index (χ3n) is 5.69. The van der Waals surface area contributed by atoms with Gasteiger partial charge in [0, 0.05) is 25.9 Å². The van der Waals surface area contributed by atoms with Crippen LogP contribution in [0.5, 0.6) is 0 Å². The summed E-state index contributed by atoms with van der Waals surface area (Å²) in [6, 6.07) is 9.92. The topological polar surface area (TPSA) is 84.1 Å². The summed E-state index contributed by atoms with van der Waals surface area (Å²) in [6.45, 7) is 5.87. The molecule has 1 amide bonds. The maximum absolute atomic E-state index is 12.5. The monoisotopic (exact) mass is 407 g/mol. The third kappa shape index (κ3) is 4.61. The van der Waals surface area contributed by atoms with Crippen LogP contribution in [-0.2, 0) is 11.2 Å². The van der Waals surface area contributed by atoms with Crippen molar-refractivity contribution >= 4 is 22.8 Å². The van der Waals surface area contributed by atoms with Gasteiger partial charge in [-0.25, -0.2) is 4.98 Å². The van der Waals surface area contributed by atoms with Crippen molar-refractivity contribution in [2.45, 2.75) is 58.4 Å². The highest BCUT2D eigenvalue weighted by molar-refractivity contribution is 5.88. The Kier molecular flexibility index (Phi) is 6.26. The largest absolute Gasteiger partial charge is 0.356 e. The lowest BCUT2D eigenvalue weighted by Gasteiger charge is -2.22. The van der Waals surface area contributed by atoms with Gasteiger partial charge in [-0.2, -0.15) is 4.98 Å². The number of aryl methyl sites for hydroxylation is 2. The second-order valence-corrected chi connectivity index (χ2v) is 8.01. The average molecular weight is 408 g/mol. The van der Waals surface area contributed by atoms with Crippen molar-refractivity contribution in [1.82, 2.24) is 20.4 Å². The zero-order valence-electron chi connectivity index (χ0n) is 17.7. The number of fused-ring (bicyclic) bond motifs is 1. The van der Waals surface area contributed by atoms with Gasteiger partial charge in [-0.1, -0.05) is 48.3 Å². The summed E-state index contributed by atoms with van der Waals surface area (Å²) >= 11 is 0. The Balaban J connectivity index is 1.48. The van der Waals surface area contributed by atoms with Gasteiger partial charge in [-0.3, -0.25) is 4.79 Å². The second kappa shape index (κ2) is 9.24. The fourth-order valence-electron chi connectivity index (χ4n) is 4.00. The summed E-state index contributed by atoms with van der Waals surface area (Å²) in [5, 5.41) is 8.05. The van der Waals surface area contributed by atoms with Crippen LogP contribution in [0.25, 0.3) is 11.1 Å². The predicted octanol–water partition coefficient (Wildman–Crippen LogP) is 4.12. The Bertz CT molecular complexity index is 994. The Hall–Kier alpha value is -2.96. The number of rotatable bonds is 6. The summed E-state index contributed by atoms with van der Waals surface area (Å²) in [6.07, 6.45) is 5.61. The molecule has 7 heteroatoms. The standard InChI is InChI=1S/C23H29N5O2/c1-16(18-10-6-5-7-11-18)24-20(29)13-12-19-25-22(28-14-8-3-4-9-15-28)21-17(2)27-30-23(21)26-19/h5-7,10-11,16H,3-4,8-9,12-15H2,1-2H3,(H,24,29)/t16-/m1/s1. The normalized spacial score (nSPS) is 15.7. The van der Waals surface area contributed by atoms with Crippen LogP contribution in [0.3, 0.4) is 0 Å². The number of hydrogen-bond donors (Lipinski definition) is 1. The fraction of sp³-hybridized carbons (Fsp3) is 0.478. The molecule has 4 rings (SSSR count). The van der Waals surface area contributed by atoms with Gasteiger partial charge in [0.05, 0.1) is 11.7 Å². The second-order valence-electron chi connectivity index (χ2n) is 8.01. The lowest BCUT2D eigenvalue weighted by Crippen LogP contribution is -2.27. The number of anilines is 1. The molecule has 1 N–H and O–H groups in total. The molecule has 0 spiro atoms. The van der Waals surface area contributed by atoms with Gasteiger partial charge in [0.1, 0.15) is 17.0 Å². The first-order valence-electron chi connectivity index (χ1n) is 10.8. The molecule has 0 unspecified atom stereocenters. The van der Waals surface area contributed by atoms with E-state index in [1.807, 2.05) is 44.2 Å². The van der Waals surface area contributed by atoms with E-state index in [2.05, 4.69) is 20.4 Å². The quantitative estimate of drug-likeness (QED) is 0.662. The highest BCUT2D eigenvalue weighted by Gasteiger charge is 2.21. The molecule has 158 valence electrons. The molecule has 7 nitrogen and oxygen atoms in total. The van der Waals surface area contributed by atoms with E-state index in [9.17, 15) is 4.79 Å². The molecular weight excluding hydrogens is 378 g/mol. The number of carbonyl (C=O) groups excluding carboxylic acids is 1. The van der Waals surface area contributed by atoms with Gasteiger partial charge in [0.25, 0.3) is 5.71 Å². The number of benzene rings is 1. The van der Waals surface area contributed by atoms with Crippen molar-refractivity contribution in [1.29, 1.82) is 0 Å². The smallest absolute Gasteiger partial charge is 0.263 e. The van der Waals surface area contributed by atoms with E-state index >= 15 is 0 Å². The minimum atomic E-state index is -0.0355. The zero-order chi connectivity index (χ0) is 20.9. The molecule has 0 saturated carbocycles. The lowest BCUT2D eigenvalue weighted by molar-refractivity contribution is -0.121. The molecule has 1 atom stereocenters. The van der Waals surface area contributed by atoms with Crippen LogP contribution in [0.4, 0.5) is 5.82 Å². The van der Waals surface area contributed by atoms with Crippen LogP contribution in [0, 0.1) is 6.92 Å². The molecule has 0 bridgehead atoms. The van der Waals surface area contributed by atoms with Crippen molar-refractivity contribution in [2.75, 3.05) is 18.0 Å². The van der Waals surface area contributed by atoms with Gasteiger partial charge in [0.15, 0.2) is 0 Å². The van der Waals surface area contributed by atoms with E-state index in [1.54, 1.807) is 0 Å². The van der Waals surface area contributed by atoms with Crippen LogP contribution in [0.2, 0.25) is 0 Å². The molecule has 1 aliphatic rings. The zero-order valence-corrected chi connectivity index (χ0v) is 17.7. The molecule has 1 saturated heterocycles. The molecule has 0 radical (unpaired) electrons. The minimum absolute atomic E-state index is 0.0138. The molecular formula is C23H29N5O2. The van der Waals surface area contributed by atoms with E-state index in [-0.39, 0.29) is 11.9 Å². The molecule has 1 aliphatic heterocycles. The Labute approximate surface area is 176 Å². The van der Waals surface area contributed by atoms with Gasteiger partial charge in [0.2, 0.25) is 5.91 Å². The maximum atomic E-state index is 12.5. The number of hydrogen-bond acceptors (Lipinski definition) is 6. The number of aromatic nitrogens is 3. The fourth-order valence-corrected chi connectivity index (χ4v) is 4.00. The van der Waals surface area contributed by atoms with E-state index in [0.717, 1.165) is 48.4 Å². The number of nitrogens with zero attached hydrogens (tertiary/aromatic N) is 4. The van der Waals surface area contributed by atoms with Crippen molar-refractivity contribution in [3.8, 4) is 0 Å². The number of carbonyl (C=O) groups is 1. The van der Waals surface area contributed by atoms with Crippen molar-refractivity contribution < 1.29 is 9.32 Å². The van der Waals surface area contributed by atoms with E-state index in [0.29, 0.717) is 24.4 Å². The lowest BCUT2D eigenvalue weighted by atomic mass is 10.1. The van der Waals surface area contributed by atoms with Crippen LogP contribution >= 0.6 is 0 Å². The molecule has 2 aromatic heterocycles. The van der Waals surface area contributed by atoms with Gasteiger partial charge in [-0.05, 0) is 32.3 Å². The van der Waals surface area contributed by atoms with Gasteiger partial charge >= 0.3 is 0 Å². The number of nitrogens with one attached hydrogen (secondary N) is 1. The maximum Gasteiger partial charge on any atom is 0.263 e. The summed E-state index contributed by atoms with van der Waals surface area (Å²) < 4.78 is 5.45. The first kappa shape index (κ1) is 20.3. The predicted molar refractivity (Wildman–Crippen MR) is 116 cm³/mol. The van der Waals surface area contributed by atoms with Gasteiger partial charge in [-0.15, -0.1) is 0 Å². The molecule has 1 aromatic carbocycles. The summed E-state index contributed by atoms with van der Waals surface area (Å²) in [5.41, 5.74) is 2.41. The number of amides is 1. The minimum Gasteiger partial charge on any atom is -0.356 e. The van der Waals surface area contributed by atoms with Crippen molar-refractivity contribution in [3.63, 3.8) is 0 Å². The van der Waals surface area contributed by atoms with E-state index in [1.165, 1.54) is 12.8 Å². The molecule has 0 aliphatic carbocycles. The van der Waals surface area contributed by atoms with Crippen LogP contribution in [0.1, 0.15) is 62.2 Å². The first-order chi connectivity index (χ1) is 14.6. The average Bonchev–Trinajstić information content (AvgIpc) is 2.96. The van der Waals surface area contributed by atoms with Gasteiger partial charge < -0.3 is 14.7 Å². The SMILES string of the molecule is Cc1noc2nc(CCC(=O)N[C@H](C)c3ccccc3)nc(N3CCCCCC3)c12. The van der Waals surface area contributed by atoms with Crippen molar-refractivity contribution in [3.05, 3.63) is 47.4 Å². The van der Waals surface area contributed by atoms with E-state index in [4.69, 9.17) is 9.51 Å². The molecule has 30 heavy (non-hydrogen) atoms. The summed E-state index contributed by atoms with van der Waals surface area (Å²) in [5.74, 6) is 1.51. The third-order valence-corrected chi connectivity index (χ3v) is 5.69. The van der Waals surface area contributed by atoms with Crippen LogP contribution in [-0.4, -0.2) is 34.1 Å².